The number of aryl methyl sites for hydroxylation is 2. The van der Waals surface area contributed by atoms with Gasteiger partial charge in [-0.15, -0.1) is 0 Å². The Kier molecular flexibility index (Phi) is 5.57. The zero-order valence-corrected chi connectivity index (χ0v) is 12.5. The number of hydrogen-bond acceptors (Lipinski definition) is 3. The van der Waals surface area contributed by atoms with Gasteiger partial charge in [0.25, 0.3) is 0 Å². The van der Waals surface area contributed by atoms with E-state index in [4.69, 9.17) is 0 Å². The third-order valence-corrected chi connectivity index (χ3v) is 3.40. The molecule has 0 atom stereocenters. The second-order valence-electron chi connectivity index (χ2n) is 5.90. The van der Waals surface area contributed by atoms with Crippen LogP contribution in [0.3, 0.4) is 0 Å². The van der Waals surface area contributed by atoms with E-state index >= 15 is 0 Å². The molecule has 1 aromatic heterocycles. The van der Waals surface area contributed by atoms with Crippen molar-refractivity contribution in [3.63, 3.8) is 0 Å². The first-order valence-corrected chi connectivity index (χ1v) is 6.99. The lowest BCUT2D eigenvalue weighted by atomic mass is 9.87. The average Bonchev–Trinajstić information content (AvgIpc) is 2.31. The third-order valence-electron chi connectivity index (χ3n) is 3.40. The summed E-state index contributed by atoms with van der Waals surface area (Å²) in [6.07, 6.45) is 7.00. The highest BCUT2D eigenvalue weighted by atomic mass is 15.0. The first-order chi connectivity index (χ1) is 8.44. The highest BCUT2D eigenvalue weighted by molar-refractivity contribution is 5.33. The Labute approximate surface area is 111 Å². The van der Waals surface area contributed by atoms with Crippen molar-refractivity contribution in [2.24, 2.45) is 5.41 Å². The number of nitrogens with one attached hydrogen (secondary N) is 1. The summed E-state index contributed by atoms with van der Waals surface area (Å²) in [5.74, 6) is 0.890. The van der Waals surface area contributed by atoms with Crippen LogP contribution < -0.4 is 5.32 Å². The van der Waals surface area contributed by atoms with Crippen molar-refractivity contribution in [2.45, 2.75) is 60.3 Å². The lowest BCUT2D eigenvalue weighted by molar-refractivity contribution is 0.342. The summed E-state index contributed by atoms with van der Waals surface area (Å²) in [5, 5.41) is 3.41. The van der Waals surface area contributed by atoms with Crippen LogP contribution in [-0.4, -0.2) is 16.5 Å². The van der Waals surface area contributed by atoms with E-state index in [0.717, 1.165) is 23.8 Å². The summed E-state index contributed by atoms with van der Waals surface area (Å²) in [5.41, 5.74) is 2.32. The van der Waals surface area contributed by atoms with E-state index in [-0.39, 0.29) is 0 Å². The van der Waals surface area contributed by atoms with E-state index in [2.05, 4.69) is 36.1 Å². The van der Waals surface area contributed by atoms with Gasteiger partial charge in [-0.1, -0.05) is 40.0 Å². The SMILES string of the molecule is CCCCCC(C)(C)CNc1cnc(C)c(C)n1. The maximum absolute atomic E-state index is 4.50. The number of nitrogens with zero attached hydrogens (tertiary/aromatic N) is 2. The van der Waals surface area contributed by atoms with E-state index < -0.39 is 0 Å². The molecule has 3 heteroatoms. The molecule has 0 spiro atoms. The van der Waals surface area contributed by atoms with Crippen molar-refractivity contribution >= 4 is 5.82 Å². The number of anilines is 1. The van der Waals surface area contributed by atoms with Crippen molar-refractivity contribution in [3.8, 4) is 0 Å². The zero-order valence-electron chi connectivity index (χ0n) is 12.5. The molecule has 18 heavy (non-hydrogen) atoms. The molecule has 1 rings (SSSR count). The van der Waals surface area contributed by atoms with Crippen LogP contribution in [0, 0.1) is 19.3 Å². The van der Waals surface area contributed by atoms with Gasteiger partial charge in [0.15, 0.2) is 0 Å². The number of unbranched alkanes of at least 4 members (excludes halogenated alkanes) is 2. The van der Waals surface area contributed by atoms with Gasteiger partial charge in [-0.25, -0.2) is 4.98 Å². The molecule has 0 aliphatic heterocycles. The van der Waals surface area contributed by atoms with Gasteiger partial charge in [-0.3, -0.25) is 4.98 Å². The summed E-state index contributed by atoms with van der Waals surface area (Å²) in [6.45, 7) is 11.8. The molecule has 0 saturated carbocycles. The van der Waals surface area contributed by atoms with Gasteiger partial charge >= 0.3 is 0 Å². The largest absolute Gasteiger partial charge is 0.368 e. The summed E-state index contributed by atoms with van der Waals surface area (Å²) in [6, 6.07) is 0. The second-order valence-corrected chi connectivity index (χ2v) is 5.90. The molecular weight excluding hydrogens is 222 g/mol. The molecule has 0 fully saturated rings. The maximum Gasteiger partial charge on any atom is 0.144 e. The van der Waals surface area contributed by atoms with Crippen LogP contribution in [0.4, 0.5) is 5.82 Å². The average molecular weight is 249 g/mol. The van der Waals surface area contributed by atoms with Crippen molar-refractivity contribution in [2.75, 3.05) is 11.9 Å². The monoisotopic (exact) mass is 249 g/mol. The van der Waals surface area contributed by atoms with E-state index in [0.29, 0.717) is 5.41 Å². The smallest absolute Gasteiger partial charge is 0.144 e. The predicted molar refractivity (Wildman–Crippen MR) is 77.9 cm³/mol. The maximum atomic E-state index is 4.50. The van der Waals surface area contributed by atoms with Crippen molar-refractivity contribution in [3.05, 3.63) is 17.6 Å². The minimum atomic E-state index is 0.315. The van der Waals surface area contributed by atoms with Crippen LogP contribution in [0.25, 0.3) is 0 Å². The number of hydrogen-bond donors (Lipinski definition) is 1. The molecule has 0 aromatic carbocycles. The van der Waals surface area contributed by atoms with Crippen molar-refractivity contribution in [1.82, 2.24) is 9.97 Å². The summed E-state index contributed by atoms with van der Waals surface area (Å²) in [4.78, 5) is 8.83. The fourth-order valence-electron chi connectivity index (χ4n) is 1.90. The highest BCUT2D eigenvalue weighted by Gasteiger charge is 2.17. The van der Waals surface area contributed by atoms with Crippen molar-refractivity contribution in [1.29, 1.82) is 0 Å². The van der Waals surface area contributed by atoms with E-state index in [9.17, 15) is 0 Å². The van der Waals surface area contributed by atoms with E-state index in [1.54, 1.807) is 0 Å². The molecular formula is C15H27N3. The van der Waals surface area contributed by atoms with Crippen LogP contribution >= 0.6 is 0 Å². The molecule has 102 valence electrons. The first-order valence-electron chi connectivity index (χ1n) is 6.99. The molecule has 1 N–H and O–H groups in total. The fourth-order valence-corrected chi connectivity index (χ4v) is 1.90. The predicted octanol–water partition coefficient (Wildman–Crippen LogP) is 4.11. The zero-order chi connectivity index (χ0) is 13.6. The van der Waals surface area contributed by atoms with Crippen LogP contribution in [0.5, 0.6) is 0 Å². The van der Waals surface area contributed by atoms with Crippen molar-refractivity contribution < 1.29 is 0 Å². The Morgan fingerprint density at radius 2 is 1.89 bits per heavy atom. The third kappa shape index (κ3) is 5.03. The minimum Gasteiger partial charge on any atom is -0.368 e. The number of rotatable bonds is 7. The van der Waals surface area contributed by atoms with Crippen LogP contribution in [0.1, 0.15) is 57.8 Å². The number of aromatic nitrogens is 2. The molecule has 0 radical (unpaired) electrons. The molecule has 3 nitrogen and oxygen atoms in total. The summed E-state index contributed by atoms with van der Waals surface area (Å²) < 4.78 is 0. The normalized spacial score (nSPS) is 11.6. The molecule has 1 aromatic rings. The molecule has 0 unspecified atom stereocenters. The molecule has 0 bridgehead atoms. The Bertz CT molecular complexity index is 372. The topological polar surface area (TPSA) is 37.8 Å². The quantitative estimate of drug-likeness (QED) is 0.739. The van der Waals surface area contributed by atoms with Gasteiger partial charge in [0.1, 0.15) is 5.82 Å². The van der Waals surface area contributed by atoms with Gasteiger partial charge < -0.3 is 5.32 Å². The lowest BCUT2D eigenvalue weighted by Crippen LogP contribution is -2.23. The van der Waals surface area contributed by atoms with Gasteiger partial charge in [0, 0.05) is 6.54 Å². The molecule has 1 heterocycles. The lowest BCUT2D eigenvalue weighted by Gasteiger charge is -2.25. The second kappa shape index (κ2) is 6.72. The molecule has 0 aliphatic rings. The molecule has 0 amide bonds. The standard InChI is InChI=1S/C15H27N3/c1-6-7-8-9-15(4,5)11-17-14-10-16-12(2)13(3)18-14/h10H,6-9,11H2,1-5H3,(H,17,18). The van der Waals surface area contributed by atoms with Gasteiger partial charge in [0.2, 0.25) is 0 Å². The van der Waals surface area contributed by atoms with E-state index in [1.165, 1.54) is 25.7 Å². The Balaban J connectivity index is 2.45. The summed E-state index contributed by atoms with van der Waals surface area (Å²) in [7, 11) is 0. The van der Waals surface area contributed by atoms with E-state index in [1.807, 2.05) is 20.0 Å². The Morgan fingerprint density at radius 1 is 1.17 bits per heavy atom. The molecule has 0 aliphatic carbocycles. The van der Waals surface area contributed by atoms with Gasteiger partial charge in [0.05, 0.1) is 17.6 Å². The highest BCUT2D eigenvalue weighted by Crippen LogP contribution is 2.24. The molecule has 0 saturated heterocycles. The van der Waals surface area contributed by atoms with Crippen LogP contribution in [-0.2, 0) is 0 Å². The fraction of sp³-hybridized carbons (Fsp3) is 0.733. The Morgan fingerprint density at radius 3 is 2.50 bits per heavy atom. The van der Waals surface area contributed by atoms with Gasteiger partial charge in [-0.05, 0) is 25.7 Å². The van der Waals surface area contributed by atoms with Crippen LogP contribution in [0.2, 0.25) is 0 Å². The van der Waals surface area contributed by atoms with Crippen LogP contribution in [0.15, 0.2) is 6.20 Å². The Hall–Kier alpha value is -1.12. The summed E-state index contributed by atoms with van der Waals surface area (Å²) >= 11 is 0. The van der Waals surface area contributed by atoms with Gasteiger partial charge in [-0.2, -0.15) is 0 Å². The first kappa shape index (κ1) is 14.9. The minimum absolute atomic E-state index is 0.315.